The lowest BCUT2D eigenvalue weighted by Crippen LogP contribution is -2.22. The van der Waals surface area contributed by atoms with Crippen molar-refractivity contribution in [2.24, 2.45) is 11.3 Å². The maximum absolute atomic E-state index is 2.34. The summed E-state index contributed by atoms with van der Waals surface area (Å²) in [5, 5.41) is 0. The van der Waals surface area contributed by atoms with Gasteiger partial charge in [-0.15, -0.1) is 0 Å². The van der Waals surface area contributed by atoms with E-state index in [0.717, 1.165) is 0 Å². The van der Waals surface area contributed by atoms with Gasteiger partial charge in [-0.1, -0.05) is 65.0 Å². The molecule has 0 spiro atoms. The Hall–Kier alpha value is -0.780. The summed E-state index contributed by atoms with van der Waals surface area (Å²) in [4.78, 5) is 0. The van der Waals surface area contributed by atoms with E-state index in [-0.39, 0.29) is 0 Å². The summed E-state index contributed by atoms with van der Waals surface area (Å²) in [6, 6.07) is 10.8. The first-order valence-corrected chi connectivity index (χ1v) is 5.48. The Morgan fingerprint density at radius 3 is 1.86 bits per heavy atom. The third-order valence-corrected chi connectivity index (χ3v) is 3.44. The third kappa shape index (κ3) is 2.60. The van der Waals surface area contributed by atoms with Gasteiger partial charge in [-0.3, -0.25) is 0 Å². The fraction of sp³-hybridized carbons (Fsp3) is 0.571. The zero-order chi connectivity index (χ0) is 10.8. The minimum atomic E-state index is 0.384. The van der Waals surface area contributed by atoms with Crippen LogP contribution in [0.4, 0.5) is 0 Å². The SMILES string of the molecule is CC(c1ccccc1)C(C)C(C)(C)C. The molecule has 0 saturated carbocycles. The molecule has 0 aliphatic heterocycles. The molecule has 1 aromatic carbocycles. The molecule has 0 heteroatoms. The van der Waals surface area contributed by atoms with Crippen LogP contribution in [0.25, 0.3) is 0 Å². The number of rotatable bonds is 2. The molecule has 0 N–H and O–H groups in total. The maximum atomic E-state index is 2.34. The third-order valence-electron chi connectivity index (χ3n) is 3.44. The molecule has 2 unspecified atom stereocenters. The Kier molecular flexibility index (Phi) is 3.36. The van der Waals surface area contributed by atoms with Crippen molar-refractivity contribution in [3.63, 3.8) is 0 Å². The van der Waals surface area contributed by atoms with Crippen LogP contribution in [-0.2, 0) is 0 Å². The van der Waals surface area contributed by atoms with E-state index < -0.39 is 0 Å². The Morgan fingerprint density at radius 2 is 1.43 bits per heavy atom. The van der Waals surface area contributed by atoms with E-state index in [1.807, 2.05) is 0 Å². The molecule has 0 saturated heterocycles. The molecule has 0 amide bonds. The van der Waals surface area contributed by atoms with Gasteiger partial charge in [-0.25, -0.2) is 0 Å². The van der Waals surface area contributed by atoms with Gasteiger partial charge in [0.05, 0.1) is 0 Å². The summed E-state index contributed by atoms with van der Waals surface area (Å²) in [5.74, 6) is 1.33. The quantitative estimate of drug-likeness (QED) is 0.645. The Bertz CT molecular complexity index is 266. The summed E-state index contributed by atoms with van der Waals surface area (Å²) < 4.78 is 0. The van der Waals surface area contributed by atoms with Crippen molar-refractivity contribution in [3.8, 4) is 0 Å². The first-order valence-electron chi connectivity index (χ1n) is 5.48. The fourth-order valence-electron chi connectivity index (χ4n) is 1.80. The number of benzene rings is 1. The van der Waals surface area contributed by atoms with E-state index in [1.54, 1.807) is 0 Å². The topological polar surface area (TPSA) is 0 Å². The second kappa shape index (κ2) is 4.16. The van der Waals surface area contributed by atoms with Crippen molar-refractivity contribution in [2.45, 2.75) is 40.5 Å². The Balaban J connectivity index is 2.81. The maximum Gasteiger partial charge on any atom is -0.0160 e. The molecule has 0 aliphatic rings. The molecular formula is C14H22. The highest BCUT2D eigenvalue weighted by molar-refractivity contribution is 5.19. The van der Waals surface area contributed by atoms with Gasteiger partial charge in [-0.2, -0.15) is 0 Å². The van der Waals surface area contributed by atoms with Crippen LogP contribution in [0.1, 0.15) is 46.1 Å². The summed E-state index contributed by atoms with van der Waals surface area (Å²) >= 11 is 0. The van der Waals surface area contributed by atoms with Crippen LogP contribution < -0.4 is 0 Å². The van der Waals surface area contributed by atoms with E-state index in [1.165, 1.54) is 5.56 Å². The lowest BCUT2D eigenvalue weighted by atomic mass is 9.73. The minimum Gasteiger partial charge on any atom is -0.0622 e. The van der Waals surface area contributed by atoms with E-state index in [4.69, 9.17) is 0 Å². The van der Waals surface area contributed by atoms with Crippen LogP contribution in [0.5, 0.6) is 0 Å². The highest BCUT2D eigenvalue weighted by atomic mass is 14.3. The lowest BCUT2D eigenvalue weighted by molar-refractivity contribution is 0.228. The smallest absolute Gasteiger partial charge is 0.0160 e. The molecule has 14 heavy (non-hydrogen) atoms. The number of hydrogen-bond acceptors (Lipinski definition) is 0. The van der Waals surface area contributed by atoms with E-state index >= 15 is 0 Å². The van der Waals surface area contributed by atoms with Gasteiger partial charge in [-0.05, 0) is 22.8 Å². The molecule has 0 nitrogen and oxygen atoms in total. The Morgan fingerprint density at radius 1 is 0.929 bits per heavy atom. The zero-order valence-corrected chi connectivity index (χ0v) is 10.0. The average molecular weight is 190 g/mol. The molecule has 78 valence electrons. The van der Waals surface area contributed by atoms with E-state index in [0.29, 0.717) is 17.3 Å². The lowest BCUT2D eigenvalue weighted by Gasteiger charge is -2.32. The van der Waals surface area contributed by atoms with Crippen molar-refractivity contribution in [1.29, 1.82) is 0 Å². The normalized spacial score (nSPS) is 16.4. The van der Waals surface area contributed by atoms with Crippen LogP contribution in [-0.4, -0.2) is 0 Å². The largest absolute Gasteiger partial charge is 0.0622 e. The van der Waals surface area contributed by atoms with E-state index in [2.05, 4.69) is 65.0 Å². The molecule has 2 atom stereocenters. The van der Waals surface area contributed by atoms with Gasteiger partial charge in [0, 0.05) is 0 Å². The monoisotopic (exact) mass is 190 g/mol. The molecule has 1 aromatic rings. The Labute approximate surface area is 88.4 Å². The first-order chi connectivity index (χ1) is 6.43. The summed E-state index contributed by atoms with van der Waals surface area (Å²) in [5.41, 5.74) is 1.84. The fourth-order valence-corrected chi connectivity index (χ4v) is 1.80. The number of hydrogen-bond donors (Lipinski definition) is 0. The summed E-state index contributed by atoms with van der Waals surface area (Å²) in [7, 11) is 0. The molecule has 0 radical (unpaired) electrons. The summed E-state index contributed by atoms with van der Waals surface area (Å²) in [6.07, 6.45) is 0. The second-order valence-electron chi connectivity index (χ2n) is 5.35. The van der Waals surface area contributed by atoms with Gasteiger partial charge in [0.2, 0.25) is 0 Å². The molecule has 0 aromatic heterocycles. The van der Waals surface area contributed by atoms with Gasteiger partial charge in [0.25, 0.3) is 0 Å². The van der Waals surface area contributed by atoms with Crippen molar-refractivity contribution in [1.82, 2.24) is 0 Å². The molecule has 0 bridgehead atoms. The van der Waals surface area contributed by atoms with Gasteiger partial charge < -0.3 is 0 Å². The average Bonchev–Trinajstić information content (AvgIpc) is 2.15. The van der Waals surface area contributed by atoms with Gasteiger partial charge in [0.1, 0.15) is 0 Å². The van der Waals surface area contributed by atoms with Gasteiger partial charge in [0.15, 0.2) is 0 Å². The van der Waals surface area contributed by atoms with Crippen LogP contribution >= 0.6 is 0 Å². The molecule has 1 rings (SSSR count). The van der Waals surface area contributed by atoms with Crippen molar-refractivity contribution < 1.29 is 0 Å². The van der Waals surface area contributed by atoms with Crippen LogP contribution in [0, 0.1) is 11.3 Å². The molecule has 0 fully saturated rings. The molecule has 0 aliphatic carbocycles. The van der Waals surface area contributed by atoms with Gasteiger partial charge >= 0.3 is 0 Å². The molecule has 0 heterocycles. The van der Waals surface area contributed by atoms with Crippen molar-refractivity contribution in [3.05, 3.63) is 35.9 Å². The molecular weight excluding hydrogens is 168 g/mol. The predicted molar refractivity (Wildman–Crippen MR) is 63.5 cm³/mol. The van der Waals surface area contributed by atoms with Crippen molar-refractivity contribution >= 4 is 0 Å². The minimum absolute atomic E-state index is 0.384. The van der Waals surface area contributed by atoms with Crippen LogP contribution in [0.3, 0.4) is 0 Å². The highest BCUT2D eigenvalue weighted by Crippen LogP contribution is 2.36. The van der Waals surface area contributed by atoms with E-state index in [9.17, 15) is 0 Å². The predicted octanol–water partition coefficient (Wildman–Crippen LogP) is 4.47. The van der Waals surface area contributed by atoms with Crippen LogP contribution in [0.15, 0.2) is 30.3 Å². The van der Waals surface area contributed by atoms with Crippen molar-refractivity contribution in [2.75, 3.05) is 0 Å². The highest BCUT2D eigenvalue weighted by Gasteiger charge is 2.25. The zero-order valence-electron chi connectivity index (χ0n) is 10.0. The summed E-state index contributed by atoms with van der Waals surface area (Å²) in [6.45, 7) is 11.6. The second-order valence-corrected chi connectivity index (χ2v) is 5.35. The standard InChI is InChI=1S/C14H22/c1-11(12(2)14(3,4)5)13-9-7-6-8-10-13/h6-12H,1-5H3. The van der Waals surface area contributed by atoms with Crippen LogP contribution in [0.2, 0.25) is 0 Å². The first kappa shape index (κ1) is 11.3.